The maximum atomic E-state index is 13.2. The Bertz CT molecular complexity index is 985. The van der Waals surface area contributed by atoms with E-state index in [-0.39, 0.29) is 16.2 Å². The summed E-state index contributed by atoms with van der Waals surface area (Å²) in [5.41, 5.74) is 2.16. The number of hydrogen-bond donors (Lipinski definition) is 1. The molecule has 1 aliphatic heterocycles. The summed E-state index contributed by atoms with van der Waals surface area (Å²) in [6.07, 6.45) is 3.55. The Morgan fingerprint density at radius 2 is 1.89 bits per heavy atom. The van der Waals surface area contributed by atoms with Gasteiger partial charge in [-0.1, -0.05) is 15.9 Å². The standard InChI is InChI=1S/C20H20BrN3O2S/c1-12-10-13(21)7-8-16(12)24-18(26)15(17(25)22-19(24)27)11-14-6-5-9-23(14)20(2,3)4/h5-11H,1-4H3,(H,22,25,27)/b15-11+. The van der Waals surface area contributed by atoms with E-state index >= 15 is 0 Å². The normalized spacial score (nSPS) is 16.9. The molecule has 2 amide bonds. The Kier molecular flexibility index (Phi) is 5.10. The maximum absolute atomic E-state index is 13.2. The number of nitrogens with one attached hydrogen (secondary N) is 1. The fourth-order valence-corrected chi connectivity index (χ4v) is 3.77. The van der Waals surface area contributed by atoms with Gasteiger partial charge in [-0.2, -0.15) is 0 Å². The lowest BCUT2D eigenvalue weighted by molar-refractivity contribution is -0.122. The van der Waals surface area contributed by atoms with Crippen molar-refractivity contribution in [3.63, 3.8) is 0 Å². The molecule has 7 heteroatoms. The van der Waals surface area contributed by atoms with Gasteiger partial charge in [0.2, 0.25) is 0 Å². The van der Waals surface area contributed by atoms with Crippen LogP contribution < -0.4 is 10.2 Å². The zero-order valence-corrected chi connectivity index (χ0v) is 17.9. The van der Waals surface area contributed by atoms with E-state index in [9.17, 15) is 9.59 Å². The summed E-state index contributed by atoms with van der Waals surface area (Å²) in [7, 11) is 0. The van der Waals surface area contributed by atoms with Gasteiger partial charge < -0.3 is 4.57 Å². The Balaban J connectivity index is 2.07. The number of hydrogen-bond acceptors (Lipinski definition) is 3. The molecular formula is C20H20BrN3O2S. The number of carbonyl (C=O) groups is 2. The van der Waals surface area contributed by atoms with Gasteiger partial charge in [0, 0.05) is 21.9 Å². The molecule has 0 spiro atoms. The molecule has 5 nitrogen and oxygen atoms in total. The zero-order valence-electron chi connectivity index (χ0n) is 15.5. The molecule has 0 atom stereocenters. The summed E-state index contributed by atoms with van der Waals surface area (Å²) in [5.74, 6) is -0.923. The van der Waals surface area contributed by atoms with Crippen molar-refractivity contribution in [1.82, 2.24) is 9.88 Å². The number of anilines is 1. The van der Waals surface area contributed by atoms with Crippen LogP contribution in [-0.2, 0) is 15.1 Å². The van der Waals surface area contributed by atoms with Crippen LogP contribution in [0.4, 0.5) is 5.69 Å². The first-order valence-corrected chi connectivity index (χ1v) is 9.65. The number of nitrogens with zero attached hydrogens (tertiary/aromatic N) is 2. The molecule has 0 saturated carbocycles. The topological polar surface area (TPSA) is 54.3 Å². The largest absolute Gasteiger partial charge is 0.343 e. The van der Waals surface area contributed by atoms with Crippen LogP contribution in [0.2, 0.25) is 0 Å². The molecule has 1 N–H and O–H groups in total. The molecule has 1 aliphatic rings. The van der Waals surface area contributed by atoms with Crippen LogP contribution in [0.15, 0.2) is 46.6 Å². The van der Waals surface area contributed by atoms with Crippen LogP contribution in [0.3, 0.4) is 0 Å². The first kappa shape index (κ1) is 19.5. The van der Waals surface area contributed by atoms with Gasteiger partial charge in [-0.25, -0.2) is 0 Å². The Morgan fingerprint density at radius 3 is 2.52 bits per heavy atom. The molecular weight excluding hydrogens is 426 g/mol. The Morgan fingerprint density at radius 1 is 1.19 bits per heavy atom. The number of aryl methyl sites for hydroxylation is 1. The van der Waals surface area contributed by atoms with Gasteiger partial charge in [-0.3, -0.25) is 19.8 Å². The highest BCUT2D eigenvalue weighted by Gasteiger charge is 2.35. The van der Waals surface area contributed by atoms with Crippen molar-refractivity contribution in [2.75, 3.05) is 4.90 Å². The third kappa shape index (κ3) is 3.75. The number of halogens is 1. The fraction of sp³-hybridized carbons (Fsp3) is 0.250. The smallest absolute Gasteiger partial charge is 0.270 e. The van der Waals surface area contributed by atoms with Crippen molar-refractivity contribution in [2.45, 2.75) is 33.2 Å². The van der Waals surface area contributed by atoms with Crippen LogP contribution in [-0.4, -0.2) is 21.5 Å². The zero-order chi connectivity index (χ0) is 19.9. The van der Waals surface area contributed by atoms with E-state index in [1.165, 1.54) is 4.90 Å². The van der Waals surface area contributed by atoms with Gasteiger partial charge in [-0.05, 0) is 81.9 Å². The van der Waals surface area contributed by atoms with E-state index in [4.69, 9.17) is 12.2 Å². The second kappa shape index (κ2) is 7.05. The number of rotatable bonds is 2. The summed E-state index contributed by atoms with van der Waals surface area (Å²) in [6.45, 7) is 8.07. The van der Waals surface area contributed by atoms with Gasteiger partial charge in [-0.15, -0.1) is 0 Å². The first-order chi connectivity index (χ1) is 12.6. The van der Waals surface area contributed by atoms with Gasteiger partial charge in [0.25, 0.3) is 11.8 Å². The van der Waals surface area contributed by atoms with Crippen LogP contribution in [0.25, 0.3) is 6.08 Å². The van der Waals surface area contributed by atoms with Gasteiger partial charge in [0.05, 0.1) is 5.69 Å². The minimum absolute atomic E-state index is 0.0510. The molecule has 27 heavy (non-hydrogen) atoms. The molecule has 0 bridgehead atoms. The minimum atomic E-state index is -0.488. The van der Waals surface area contributed by atoms with E-state index in [1.807, 2.05) is 42.0 Å². The summed E-state index contributed by atoms with van der Waals surface area (Å²) in [6, 6.07) is 9.31. The van der Waals surface area contributed by atoms with Crippen molar-refractivity contribution >= 4 is 56.8 Å². The Labute approximate surface area is 172 Å². The molecule has 0 radical (unpaired) electrons. The fourth-order valence-electron chi connectivity index (χ4n) is 3.02. The van der Waals surface area contributed by atoms with Crippen molar-refractivity contribution in [1.29, 1.82) is 0 Å². The number of benzene rings is 1. The highest BCUT2D eigenvalue weighted by atomic mass is 79.9. The molecule has 0 aliphatic carbocycles. The summed E-state index contributed by atoms with van der Waals surface area (Å²) in [4.78, 5) is 27.0. The van der Waals surface area contributed by atoms with Crippen LogP contribution in [0.5, 0.6) is 0 Å². The first-order valence-electron chi connectivity index (χ1n) is 8.45. The van der Waals surface area contributed by atoms with E-state index in [2.05, 4.69) is 42.0 Å². The van der Waals surface area contributed by atoms with Crippen molar-refractivity contribution in [2.24, 2.45) is 0 Å². The van der Waals surface area contributed by atoms with E-state index in [1.54, 1.807) is 12.1 Å². The number of aromatic nitrogens is 1. The molecule has 0 unspecified atom stereocenters. The predicted octanol–water partition coefficient (Wildman–Crippen LogP) is 4.15. The summed E-state index contributed by atoms with van der Waals surface area (Å²) < 4.78 is 2.92. The van der Waals surface area contributed by atoms with Crippen LogP contribution in [0.1, 0.15) is 32.0 Å². The van der Waals surface area contributed by atoms with Crippen molar-refractivity contribution in [3.8, 4) is 0 Å². The summed E-state index contributed by atoms with van der Waals surface area (Å²) >= 11 is 8.69. The maximum Gasteiger partial charge on any atom is 0.270 e. The van der Waals surface area contributed by atoms with E-state index < -0.39 is 11.8 Å². The quantitative estimate of drug-likeness (QED) is 0.429. The number of amides is 2. The predicted molar refractivity (Wildman–Crippen MR) is 115 cm³/mol. The lowest BCUT2D eigenvalue weighted by Gasteiger charge is -2.30. The van der Waals surface area contributed by atoms with Gasteiger partial charge in [0.1, 0.15) is 5.57 Å². The minimum Gasteiger partial charge on any atom is -0.343 e. The molecule has 2 heterocycles. The van der Waals surface area contributed by atoms with Crippen LogP contribution in [0, 0.1) is 6.92 Å². The lowest BCUT2D eigenvalue weighted by atomic mass is 10.1. The monoisotopic (exact) mass is 445 g/mol. The SMILES string of the molecule is Cc1cc(Br)ccc1N1C(=O)/C(=C/c2cccn2C(C)(C)C)C(=O)NC1=S. The number of carbonyl (C=O) groups excluding carboxylic acids is 2. The highest BCUT2D eigenvalue weighted by Crippen LogP contribution is 2.28. The second-order valence-corrected chi connectivity index (χ2v) is 8.66. The lowest BCUT2D eigenvalue weighted by Crippen LogP contribution is -2.54. The third-order valence-corrected chi connectivity index (χ3v) is 5.07. The molecule has 2 aromatic rings. The van der Waals surface area contributed by atoms with E-state index in [0.717, 1.165) is 15.7 Å². The van der Waals surface area contributed by atoms with Crippen molar-refractivity contribution in [3.05, 3.63) is 57.8 Å². The molecule has 1 saturated heterocycles. The molecule has 1 aromatic heterocycles. The third-order valence-electron chi connectivity index (χ3n) is 4.30. The van der Waals surface area contributed by atoms with E-state index in [0.29, 0.717) is 5.69 Å². The highest BCUT2D eigenvalue weighted by molar-refractivity contribution is 9.10. The second-order valence-electron chi connectivity index (χ2n) is 7.36. The summed E-state index contributed by atoms with van der Waals surface area (Å²) in [5, 5.41) is 2.71. The Hall–Kier alpha value is -2.25. The van der Waals surface area contributed by atoms with Gasteiger partial charge >= 0.3 is 0 Å². The average molecular weight is 446 g/mol. The number of thiocarbonyl (C=S) groups is 1. The molecule has 1 aromatic carbocycles. The molecule has 140 valence electrons. The molecule has 3 rings (SSSR count). The molecule has 1 fully saturated rings. The van der Waals surface area contributed by atoms with Crippen molar-refractivity contribution < 1.29 is 9.59 Å². The van der Waals surface area contributed by atoms with Gasteiger partial charge in [0.15, 0.2) is 5.11 Å². The average Bonchev–Trinajstić information content (AvgIpc) is 3.02. The van der Waals surface area contributed by atoms with Crippen LogP contribution >= 0.6 is 28.1 Å².